The Labute approximate surface area is 257 Å². The predicted molar refractivity (Wildman–Crippen MR) is 179 cm³/mol. The van der Waals surface area contributed by atoms with Gasteiger partial charge in [0.15, 0.2) is 0 Å². The van der Waals surface area contributed by atoms with E-state index >= 15 is 0 Å². The summed E-state index contributed by atoms with van der Waals surface area (Å²) in [7, 11) is 4.15. The summed E-state index contributed by atoms with van der Waals surface area (Å²) in [5.74, 6) is 1.99. The fraction of sp³-hybridized carbons (Fsp3) is 0.158. The molecule has 0 spiro atoms. The Morgan fingerprint density at radius 3 is 1.30 bits per heavy atom. The summed E-state index contributed by atoms with van der Waals surface area (Å²) in [5, 5.41) is 0.807. The molecule has 0 saturated carbocycles. The van der Waals surface area contributed by atoms with E-state index in [9.17, 15) is 0 Å². The molecule has 0 fully saturated rings. The van der Waals surface area contributed by atoms with Gasteiger partial charge in [-0.05, 0) is 84.3 Å². The van der Waals surface area contributed by atoms with Gasteiger partial charge < -0.3 is 9.13 Å². The van der Waals surface area contributed by atoms with Gasteiger partial charge in [-0.2, -0.15) is 0 Å². The maximum absolute atomic E-state index is 6.57. The number of fused-ring (bicyclic) bond motifs is 2. The van der Waals surface area contributed by atoms with Gasteiger partial charge in [0, 0.05) is 30.2 Å². The van der Waals surface area contributed by atoms with E-state index < -0.39 is 0 Å². The van der Waals surface area contributed by atoms with Crippen molar-refractivity contribution < 1.29 is 0 Å². The summed E-state index contributed by atoms with van der Waals surface area (Å²) in [5.41, 5.74) is 11.8. The molecule has 43 heavy (non-hydrogen) atoms. The lowest BCUT2D eigenvalue weighted by Gasteiger charge is -2.09. The van der Waals surface area contributed by atoms with E-state index in [2.05, 4.69) is 126 Å². The van der Waals surface area contributed by atoms with Crippen LogP contribution in [-0.4, -0.2) is 19.1 Å². The molecule has 7 rings (SSSR count). The van der Waals surface area contributed by atoms with Crippen molar-refractivity contribution in [2.75, 3.05) is 0 Å². The number of para-hydroxylation sites is 4. The van der Waals surface area contributed by atoms with Crippen LogP contribution in [0.4, 0.5) is 0 Å². The number of benzene rings is 5. The van der Waals surface area contributed by atoms with Crippen LogP contribution in [0.25, 0.3) is 44.8 Å². The van der Waals surface area contributed by atoms with E-state index in [-0.39, 0.29) is 0 Å². The van der Waals surface area contributed by atoms with Crippen LogP contribution >= 0.6 is 11.6 Å². The van der Waals surface area contributed by atoms with Gasteiger partial charge in [0.2, 0.25) is 0 Å². The molecule has 0 radical (unpaired) electrons. The molecule has 212 valence electrons. The third-order valence-electron chi connectivity index (χ3n) is 8.42. The van der Waals surface area contributed by atoms with Crippen molar-refractivity contribution in [3.05, 3.63) is 143 Å². The quantitative estimate of drug-likeness (QED) is 0.180. The number of nitrogens with zero attached hydrogens (tertiary/aromatic N) is 4. The van der Waals surface area contributed by atoms with Crippen LogP contribution in [0.15, 0.2) is 115 Å². The van der Waals surface area contributed by atoms with Crippen molar-refractivity contribution in [3.63, 3.8) is 0 Å². The SMILES string of the molecule is Cn1c(-c2ccc(CCc3cc(Cl)cc(CCc4ccc(-c5nc6ccccc6n5C)cc4)c3)cc2)nc2ccccc21. The number of aryl methyl sites for hydroxylation is 6. The lowest BCUT2D eigenvalue weighted by atomic mass is 9.98. The predicted octanol–water partition coefficient (Wildman–Crippen LogP) is 9.02. The molecule has 5 heteroatoms. The van der Waals surface area contributed by atoms with Gasteiger partial charge in [-0.25, -0.2) is 9.97 Å². The van der Waals surface area contributed by atoms with Crippen molar-refractivity contribution in [1.82, 2.24) is 19.1 Å². The zero-order valence-corrected chi connectivity index (χ0v) is 25.2. The van der Waals surface area contributed by atoms with Crippen LogP contribution in [-0.2, 0) is 39.8 Å². The minimum absolute atomic E-state index is 0.807. The summed E-state index contributed by atoms with van der Waals surface area (Å²) in [4.78, 5) is 9.68. The largest absolute Gasteiger partial charge is 0.327 e. The Kier molecular flexibility index (Phi) is 7.30. The van der Waals surface area contributed by atoms with E-state index in [0.717, 1.165) is 75.5 Å². The molecule has 0 unspecified atom stereocenters. The topological polar surface area (TPSA) is 35.6 Å². The van der Waals surface area contributed by atoms with Crippen molar-refractivity contribution in [1.29, 1.82) is 0 Å². The molecule has 0 saturated heterocycles. The average molecular weight is 581 g/mol. The average Bonchev–Trinajstić information content (AvgIpc) is 3.56. The Balaban J connectivity index is 0.990. The molecule has 0 amide bonds. The minimum atomic E-state index is 0.807. The monoisotopic (exact) mass is 580 g/mol. The first-order valence-electron chi connectivity index (χ1n) is 14.8. The highest BCUT2D eigenvalue weighted by atomic mass is 35.5. The normalized spacial score (nSPS) is 11.5. The maximum atomic E-state index is 6.57. The smallest absolute Gasteiger partial charge is 0.140 e. The maximum Gasteiger partial charge on any atom is 0.140 e. The second kappa shape index (κ2) is 11.5. The first-order valence-corrected chi connectivity index (χ1v) is 15.2. The van der Waals surface area contributed by atoms with Gasteiger partial charge in [0.05, 0.1) is 22.1 Å². The number of hydrogen-bond donors (Lipinski definition) is 0. The molecular formula is C38H33ClN4. The fourth-order valence-electron chi connectivity index (χ4n) is 6.03. The van der Waals surface area contributed by atoms with E-state index in [1.165, 1.54) is 22.3 Å². The van der Waals surface area contributed by atoms with Crippen LogP contribution in [0.2, 0.25) is 5.02 Å². The van der Waals surface area contributed by atoms with E-state index in [4.69, 9.17) is 21.6 Å². The first kappa shape index (κ1) is 27.2. The highest BCUT2D eigenvalue weighted by Gasteiger charge is 2.11. The summed E-state index contributed by atoms with van der Waals surface area (Å²) in [6.45, 7) is 0. The van der Waals surface area contributed by atoms with Gasteiger partial charge in [-0.15, -0.1) is 0 Å². The van der Waals surface area contributed by atoms with Gasteiger partial charge in [0.1, 0.15) is 11.6 Å². The van der Waals surface area contributed by atoms with Gasteiger partial charge >= 0.3 is 0 Å². The third kappa shape index (κ3) is 5.59. The number of imidazole rings is 2. The number of halogens is 1. The molecule has 4 nitrogen and oxygen atoms in total. The summed E-state index contributed by atoms with van der Waals surface area (Å²) in [6.07, 6.45) is 3.83. The molecule has 2 heterocycles. The fourth-order valence-corrected chi connectivity index (χ4v) is 6.31. The standard InChI is InChI=1S/C38H33ClN4/c1-42-35-9-5-3-7-33(35)40-37(42)30-19-15-26(16-20-30)11-13-28-23-29(25-32(39)24-28)14-12-27-17-21-31(22-18-27)38-41-34-8-4-6-10-36(34)43(38)2/h3-10,15-25H,11-14H2,1-2H3. The van der Waals surface area contributed by atoms with Crippen molar-refractivity contribution in [2.24, 2.45) is 14.1 Å². The van der Waals surface area contributed by atoms with Crippen LogP contribution in [0.1, 0.15) is 22.3 Å². The minimum Gasteiger partial charge on any atom is -0.327 e. The van der Waals surface area contributed by atoms with Crippen LogP contribution in [0.5, 0.6) is 0 Å². The van der Waals surface area contributed by atoms with Gasteiger partial charge in [-0.3, -0.25) is 0 Å². The van der Waals surface area contributed by atoms with E-state index in [1.54, 1.807) is 0 Å². The molecule has 0 aliphatic carbocycles. The van der Waals surface area contributed by atoms with E-state index in [1.807, 2.05) is 12.1 Å². The number of aromatic nitrogens is 4. The summed E-state index contributed by atoms with van der Waals surface area (Å²) in [6, 6.07) is 40.7. The number of rotatable bonds is 8. The molecule has 0 aliphatic heterocycles. The van der Waals surface area contributed by atoms with Gasteiger partial charge in [0.25, 0.3) is 0 Å². The molecule has 2 aromatic heterocycles. The molecule has 7 aromatic rings. The second-order valence-corrected chi connectivity index (χ2v) is 11.8. The Hall–Kier alpha value is -4.67. The molecule has 0 aliphatic rings. The zero-order valence-electron chi connectivity index (χ0n) is 24.5. The van der Waals surface area contributed by atoms with Crippen LogP contribution < -0.4 is 0 Å². The number of hydrogen-bond acceptors (Lipinski definition) is 2. The van der Waals surface area contributed by atoms with Crippen molar-refractivity contribution in [2.45, 2.75) is 25.7 Å². The van der Waals surface area contributed by atoms with Gasteiger partial charge in [-0.1, -0.05) is 90.5 Å². The highest BCUT2D eigenvalue weighted by Crippen LogP contribution is 2.26. The Morgan fingerprint density at radius 2 is 0.884 bits per heavy atom. The lowest BCUT2D eigenvalue weighted by molar-refractivity contribution is 0.929. The third-order valence-corrected chi connectivity index (χ3v) is 8.64. The first-order chi connectivity index (χ1) is 21.0. The van der Waals surface area contributed by atoms with Crippen LogP contribution in [0, 0.1) is 0 Å². The Morgan fingerprint density at radius 1 is 0.488 bits per heavy atom. The van der Waals surface area contributed by atoms with E-state index in [0.29, 0.717) is 0 Å². The molecule has 0 N–H and O–H groups in total. The summed E-state index contributed by atoms with van der Waals surface area (Å²) >= 11 is 6.57. The lowest BCUT2D eigenvalue weighted by Crippen LogP contribution is -1.97. The molecule has 5 aromatic carbocycles. The Bertz CT molecular complexity index is 1900. The molecule has 0 bridgehead atoms. The van der Waals surface area contributed by atoms with Crippen LogP contribution in [0.3, 0.4) is 0 Å². The zero-order chi connectivity index (χ0) is 29.3. The van der Waals surface area contributed by atoms with Crippen molar-refractivity contribution in [3.8, 4) is 22.8 Å². The van der Waals surface area contributed by atoms with Crippen molar-refractivity contribution >= 4 is 33.7 Å². The molecule has 0 atom stereocenters. The molecular weight excluding hydrogens is 548 g/mol. The second-order valence-electron chi connectivity index (χ2n) is 11.3. The highest BCUT2D eigenvalue weighted by molar-refractivity contribution is 6.30. The summed E-state index contributed by atoms with van der Waals surface area (Å²) < 4.78 is 4.32.